The monoisotopic (exact) mass is 1140 g/mol. The molecule has 0 unspecified atom stereocenters. The van der Waals surface area contributed by atoms with Crippen LogP contribution < -0.4 is 32.1 Å². The van der Waals surface area contributed by atoms with Crippen LogP contribution in [0.15, 0.2) is 71.8 Å². The van der Waals surface area contributed by atoms with Crippen molar-refractivity contribution in [2.45, 2.75) is 95.4 Å². The van der Waals surface area contributed by atoms with Crippen LogP contribution in [0.4, 0.5) is 10.5 Å². The first-order valence-electron chi connectivity index (χ1n) is 28.2. The Balaban J connectivity index is 0.688. The predicted octanol–water partition coefficient (Wildman–Crippen LogP) is 4.30. The maximum Gasteiger partial charge on any atom is 0.315 e. The van der Waals surface area contributed by atoms with Gasteiger partial charge in [0.05, 0.1) is 62.9 Å². The second-order valence-corrected chi connectivity index (χ2v) is 23.2. The number of likely N-dealkylation sites (N-methyl/N-ethyl adjacent to an activating group) is 1. The number of nitrogens with one attached hydrogen (secondary N) is 5. The minimum absolute atomic E-state index is 0.0120. The summed E-state index contributed by atoms with van der Waals surface area (Å²) in [7, 11) is 3.32. The average Bonchev–Trinajstić information content (AvgIpc) is 4.05. The number of thioether (sulfide) groups is 1. The van der Waals surface area contributed by atoms with Crippen LogP contribution in [0.1, 0.15) is 103 Å². The van der Waals surface area contributed by atoms with E-state index in [1.54, 1.807) is 37.3 Å². The first-order valence-corrected chi connectivity index (χ1v) is 29.2. The Morgan fingerprint density at radius 2 is 1.47 bits per heavy atom. The van der Waals surface area contributed by atoms with Crippen molar-refractivity contribution in [3.8, 4) is 11.3 Å². The third-order valence-corrected chi connectivity index (χ3v) is 16.2. The van der Waals surface area contributed by atoms with Crippen molar-refractivity contribution < 1.29 is 43.0 Å². The molecule has 5 heterocycles. The number of amides is 7. The van der Waals surface area contributed by atoms with E-state index in [0.29, 0.717) is 137 Å². The molecule has 21 nitrogen and oxygen atoms in total. The van der Waals surface area contributed by atoms with Crippen molar-refractivity contribution in [3.05, 3.63) is 111 Å². The smallest absolute Gasteiger partial charge is 0.315 e. The molecule has 3 aliphatic heterocycles. The number of urea groups is 1. The average molecular weight is 1140 g/mol. The molecule has 3 fully saturated rings. The molecule has 0 radical (unpaired) electrons. The van der Waals surface area contributed by atoms with E-state index in [1.807, 2.05) is 66.1 Å². The van der Waals surface area contributed by atoms with Gasteiger partial charge in [-0.25, -0.2) is 9.78 Å². The van der Waals surface area contributed by atoms with E-state index in [1.165, 1.54) is 15.7 Å². The number of carbonyl (C=O) groups excluding carboxylic acids is 6. The van der Waals surface area contributed by atoms with Crippen LogP contribution in [0.5, 0.6) is 0 Å². The molecule has 438 valence electrons. The molecule has 5 N–H and O–H groups in total. The van der Waals surface area contributed by atoms with E-state index in [-0.39, 0.29) is 78.1 Å². The number of aromatic nitrogens is 3. The van der Waals surface area contributed by atoms with Crippen molar-refractivity contribution in [1.29, 1.82) is 0 Å². The predicted molar refractivity (Wildman–Crippen MR) is 311 cm³/mol. The summed E-state index contributed by atoms with van der Waals surface area (Å²) in [6, 6.07) is 16.9. The normalized spacial score (nSPS) is 17.0. The number of piperazine rings is 1. The van der Waals surface area contributed by atoms with Crippen molar-refractivity contribution in [3.63, 3.8) is 0 Å². The molecule has 7 amide bonds. The summed E-state index contributed by atoms with van der Waals surface area (Å²) in [5, 5.41) is 15.1. The number of benzene rings is 2. The molecule has 2 aromatic heterocycles. The highest BCUT2D eigenvalue weighted by Gasteiger charge is 2.42. The lowest BCUT2D eigenvalue weighted by molar-refractivity contribution is -0.134. The van der Waals surface area contributed by atoms with Gasteiger partial charge in [-0.05, 0) is 79.5 Å². The Hall–Kier alpha value is -6.72. The quantitative estimate of drug-likeness (QED) is 0.0376. The molecule has 81 heavy (non-hydrogen) atoms. The molecule has 0 bridgehead atoms. The van der Waals surface area contributed by atoms with Gasteiger partial charge in [-0.1, -0.05) is 51.5 Å². The Kier molecular flexibility index (Phi) is 23.2. The number of hydrogen-bond donors (Lipinski definition) is 5. The third-order valence-electron chi connectivity index (χ3n) is 14.6. The van der Waals surface area contributed by atoms with Crippen LogP contribution in [0.25, 0.3) is 11.3 Å². The van der Waals surface area contributed by atoms with Crippen molar-refractivity contribution in [2.24, 2.45) is 7.05 Å². The number of rotatable bonds is 29. The molecular weight excluding hydrogens is 1050 g/mol. The van der Waals surface area contributed by atoms with Gasteiger partial charge >= 0.3 is 6.03 Å². The zero-order chi connectivity index (χ0) is 57.9. The lowest BCUT2D eigenvalue weighted by atomic mass is 9.86. The SMILES string of the molecule is Cc1c(NC(=O)c2ccc(C(C)(C)C)cc2)cccc1-c1cn(C)c(=O)c(Cc2ccc(C(=O)N3CCN(CC(=O)NCCCOCCOCCOCCCNC(=O)CN(C)C(=O)CCCC[C@@H]4SC[C@@H]5NC(=O)N[C@@H]54)CC3)cn2)n1. The fraction of sp³-hybridized carbons (Fsp3) is 0.542. The van der Waals surface area contributed by atoms with Crippen LogP contribution in [0.3, 0.4) is 0 Å². The summed E-state index contributed by atoms with van der Waals surface area (Å²) in [4.78, 5) is 104. The number of fused-ring (bicyclic) bond motifs is 1. The van der Waals surface area contributed by atoms with Gasteiger partial charge in [-0.15, -0.1) is 0 Å². The van der Waals surface area contributed by atoms with E-state index in [4.69, 9.17) is 19.2 Å². The van der Waals surface area contributed by atoms with Gasteiger partial charge in [-0.2, -0.15) is 11.8 Å². The topological polar surface area (TPSA) is 248 Å². The minimum atomic E-state index is -0.261. The number of ether oxygens (including phenoxy) is 3. The van der Waals surface area contributed by atoms with Crippen LogP contribution in [0, 0.1) is 6.92 Å². The summed E-state index contributed by atoms with van der Waals surface area (Å²) in [5.74, 6) is 0.191. The zero-order valence-electron chi connectivity index (χ0n) is 47.8. The van der Waals surface area contributed by atoms with Crippen LogP contribution in [-0.4, -0.2) is 187 Å². The Morgan fingerprint density at radius 1 is 0.802 bits per heavy atom. The van der Waals surface area contributed by atoms with Gasteiger partial charge in [0.2, 0.25) is 17.7 Å². The number of hydrogen-bond acceptors (Lipinski definition) is 14. The second-order valence-electron chi connectivity index (χ2n) is 21.9. The number of aryl methyl sites for hydroxylation is 1. The molecule has 0 aliphatic carbocycles. The summed E-state index contributed by atoms with van der Waals surface area (Å²) in [6.45, 7) is 14.1. The fourth-order valence-electron chi connectivity index (χ4n) is 9.82. The molecular formula is C59H81N11O10S. The molecule has 3 saturated heterocycles. The molecule has 3 aliphatic rings. The third kappa shape index (κ3) is 18.7. The van der Waals surface area contributed by atoms with Gasteiger partial charge in [0.25, 0.3) is 17.4 Å². The molecule has 0 saturated carbocycles. The van der Waals surface area contributed by atoms with Crippen molar-refractivity contribution >= 4 is 53.0 Å². The first-order chi connectivity index (χ1) is 38.9. The highest BCUT2D eigenvalue weighted by molar-refractivity contribution is 8.00. The van der Waals surface area contributed by atoms with E-state index in [0.717, 1.165) is 41.7 Å². The maximum atomic E-state index is 13.5. The fourth-order valence-corrected chi connectivity index (χ4v) is 11.4. The number of nitrogens with zero attached hydrogens (tertiary/aromatic N) is 6. The van der Waals surface area contributed by atoms with E-state index >= 15 is 0 Å². The van der Waals surface area contributed by atoms with Crippen LogP contribution in [-0.2, 0) is 47.5 Å². The standard InChI is InChI=1S/C59H81N11O10S/c1-40-45(12-9-13-46(40)64-55(74)41-16-19-43(20-17-41)59(2,3)4)48-36-68(6)57(76)47(63-48)34-44-21-18-42(35-62-44)56(75)70-26-24-69(25-27-70)38-52(72)61-23-11-29-79-31-33-80-32-30-78-28-10-22-60-51(71)37-67(5)53(73)15-8-7-14-50-54-49(39-81-50)65-58(77)66-54/h9,12-13,16-21,35-36,49-50,54H,7-8,10-11,14-15,22-34,37-39H2,1-6H3,(H,60,71)(H,61,72)(H,64,74)(H2,65,66,77)/t49-,50-,54-/m0/s1. The minimum Gasteiger partial charge on any atom is -0.379 e. The van der Waals surface area contributed by atoms with E-state index < -0.39 is 0 Å². The molecule has 7 rings (SSSR count). The molecule has 4 aromatic rings. The zero-order valence-corrected chi connectivity index (χ0v) is 48.6. The maximum absolute atomic E-state index is 13.5. The largest absolute Gasteiger partial charge is 0.379 e. The van der Waals surface area contributed by atoms with E-state index in [2.05, 4.69) is 52.3 Å². The summed E-state index contributed by atoms with van der Waals surface area (Å²) < 4.78 is 18.3. The van der Waals surface area contributed by atoms with Gasteiger partial charge in [0.15, 0.2) is 0 Å². The summed E-state index contributed by atoms with van der Waals surface area (Å²) in [6.07, 6.45) is 7.63. The number of anilines is 1. The Labute approximate surface area is 479 Å². The number of carbonyl (C=O) groups is 6. The highest BCUT2D eigenvalue weighted by Crippen LogP contribution is 2.33. The molecule has 3 atom stereocenters. The lowest BCUT2D eigenvalue weighted by Gasteiger charge is -2.34. The van der Waals surface area contributed by atoms with Gasteiger partial charge < -0.3 is 55.2 Å². The van der Waals surface area contributed by atoms with Crippen molar-refractivity contribution in [2.75, 3.05) is 110 Å². The van der Waals surface area contributed by atoms with Crippen LogP contribution in [0.2, 0.25) is 0 Å². The van der Waals surface area contributed by atoms with Gasteiger partial charge in [-0.3, -0.25) is 38.7 Å². The first kappa shape index (κ1) is 61.9. The lowest BCUT2D eigenvalue weighted by Crippen LogP contribution is -2.51. The molecule has 2 aromatic carbocycles. The van der Waals surface area contributed by atoms with Gasteiger partial charge in [0.1, 0.15) is 5.69 Å². The second kappa shape index (κ2) is 30.4. The summed E-state index contributed by atoms with van der Waals surface area (Å²) >= 11 is 1.87. The number of pyridine rings is 1. The van der Waals surface area contributed by atoms with Crippen LogP contribution >= 0.6 is 11.8 Å². The van der Waals surface area contributed by atoms with E-state index in [9.17, 15) is 33.6 Å². The number of unbranched alkanes of at least 4 members (excludes halogenated alkanes) is 1. The molecule has 0 spiro atoms. The highest BCUT2D eigenvalue weighted by atomic mass is 32.2. The van der Waals surface area contributed by atoms with Gasteiger partial charge in [0, 0.05) is 125 Å². The Bertz CT molecular complexity index is 2840. The van der Waals surface area contributed by atoms with Crippen molar-refractivity contribution in [1.82, 2.24) is 50.5 Å². The molecule has 22 heteroatoms. The Morgan fingerprint density at radius 3 is 2.14 bits per heavy atom. The summed E-state index contributed by atoms with van der Waals surface area (Å²) in [5.41, 5.74) is 5.51.